The summed E-state index contributed by atoms with van der Waals surface area (Å²) in [6, 6.07) is 0. The molecule has 350 valence electrons. The Balaban J connectivity index is 2.26. The summed E-state index contributed by atoms with van der Waals surface area (Å²) in [4.78, 5) is 12.7. The fourth-order valence-corrected chi connectivity index (χ4v) is 6.27. The van der Waals surface area contributed by atoms with Crippen LogP contribution in [0.4, 0.5) is 0 Å². The highest BCUT2D eigenvalue weighted by atomic mass is 16.7. The van der Waals surface area contributed by atoms with Crippen molar-refractivity contribution in [3.05, 3.63) is 122 Å². The summed E-state index contributed by atoms with van der Waals surface area (Å²) in [5.74, 6) is -0.403. The first-order valence-electron chi connectivity index (χ1n) is 23.6. The van der Waals surface area contributed by atoms with Crippen LogP contribution in [-0.4, -0.2) is 89.6 Å². The van der Waals surface area contributed by atoms with Crippen LogP contribution < -0.4 is 0 Å². The molecule has 0 aromatic heterocycles. The van der Waals surface area contributed by atoms with Gasteiger partial charge in [-0.3, -0.25) is 4.79 Å². The number of carbonyl (C=O) groups is 1. The first kappa shape index (κ1) is 56.6. The molecule has 0 amide bonds. The average molecular weight is 865 g/mol. The molecule has 1 heterocycles. The van der Waals surface area contributed by atoms with E-state index in [-0.39, 0.29) is 19.6 Å². The zero-order chi connectivity index (χ0) is 45.0. The van der Waals surface area contributed by atoms with Crippen LogP contribution in [0.3, 0.4) is 0 Å². The topological polar surface area (TPSA) is 135 Å². The van der Waals surface area contributed by atoms with Gasteiger partial charge in [-0.25, -0.2) is 0 Å². The van der Waals surface area contributed by atoms with Crippen LogP contribution in [0.15, 0.2) is 122 Å². The van der Waals surface area contributed by atoms with Gasteiger partial charge in [0.15, 0.2) is 6.29 Å². The lowest BCUT2D eigenvalue weighted by molar-refractivity contribution is -0.305. The highest BCUT2D eigenvalue weighted by Gasteiger charge is 2.44. The van der Waals surface area contributed by atoms with Gasteiger partial charge in [-0.2, -0.15) is 0 Å². The van der Waals surface area contributed by atoms with Crippen molar-refractivity contribution in [3.63, 3.8) is 0 Å². The van der Waals surface area contributed by atoms with Crippen LogP contribution in [0.25, 0.3) is 0 Å². The molecule has 0 aliphatic carbocycles. The molecule has 1 aliphatic heterocycles. The van der Waals surface area contributed by atoms with E-state index in [4.69, 9.17) is 18.9 Å². The third kappa shape index (κ3) is 33.2. The first-order chi connectivity index (χ1) is 30.4. The maximum atomic E-state index is 12.7. The zero-order valence-corrected chi connectivity index (χ0v) is 38.3. The van der Waals surface area contributed by atoms with E-state index in [0.29, 0.717) is 13.0 Å². The SMILES string of the molecule is CC/C=C\C/C=C\C/C=C\C/C=C\C/C=C\C/C=C\CCCCCCCCCOCC(COC1OC(CO)C(O)C(O)C1O)OC(=O)CC/C=C\C/C=C\C/C=C\C/C=C\CC. The molecule has 1 rings (SSSR count). The Bertz CT molecular complexity index is 1350. The second-order valence-corrected chi connectivity index (χ2v) is 15.4. The highest BCUT2D eigenvalue weighted by Crippen LogP contribution is 2.22. The third-order valence-corrected chi connectivity index (χ3v) is 9.89. The molecule has 1 aliphatic rings. The van der Waals surface area contributed by atoms with E-state index in [0.717, 1.165) is 89.9 Å². The van der Waals surface area contributed by atoms with Gasteiger partial charge in [-0.1, -0.05) is 167 Å². The number of aliphatic hydroxyl groups is 4. The van der Waals surface area contributed by atoms with Crippen molar-refractivity contribution in [1.29, 1.82) is 0 Å². The normalized spacial score (nSPS) is 20.9. The number of unbranched alkanes of at least 4 members (excludes halogenated alkanes) is 7. The molecule has 0 aromatic rings. The molecule has 9 nitrogen and oxygen atoms in total. The molecule has 6 unspecified atom stereocenters. The summed E-state index contributed by atoms with van der Waals surface area (Å²) >= 11 is 0. The van der Waals surface area contributed by atoms with Crippen molar-refractivity contribution in [1.82, 2.24) is 0 Å². The number of allylic oxidation sites excluding steroid dienone is 20. The van der Waals surface area contributed by atoms with Crippen molar-refractivity contribution in [2.45, 2.75) is 179 Å². The molecule has 4 N–H and O–H groups in total. The number of ether oxygens (including phenoxy) is 4. The standard InChI is InChI=1S/C53H84O9/c1-3-5-7-9-11-13-15-17-18-19-20-21-22-23-24-25-26-27-28-29-31-33-35-37-39-41-43-59-45-47(46-60-53-52(58)51(57)50(56)48(44-54)62-53)61-49(55)42-40-38-36-34-32-30-16-14-12-10-8-6-4-2/h5-8,11-14,17-18,20-21,23-24,26-27,30,32,36,38,47-48,50-54,56-58H,3-4,9-10,15-16,19,22,25,28-29,31,33-35,37,39-46H2,1-2H3/b7-5-,8-6-,13-11-,14-12-,18-17-,21-20-,24-23-,27-26-,32-30-,38-36-. The van der Waals surface area contributed by atoms with Crippen molar-refractivity contribution < 1.29 is 44.2 Å². The number of hydrogen-bond acceptors (Lipinski definition) is 9. The Hall–Kier alpha value is -3.41. The van der Waals surface area contributed by atoms with Gasteiger partial charge in [0, 0.05) is 13.0 Å². The summed E-state index contributed by atoms with van der Waals surface area (Å²) in [5, 5.41) is 40.1. The molecule has 62 heavy (non-hydrogen) atoms. The van der Waals surface area contributed by atoms with Crippen LogP contribution in [-0.2, 0) is 23.7 Å². The molecule has 0 aromatic carbocycles. The quantitative estimate of drug-likeness (QED) is 0.0272. The fourth-order valence-electron chi connectivity index (χ4n) is 6.27. The monoisotopic (exact) mass is 865 g/mol. The lowest BCUT2D eigenvalue weighted by Crippen LogP contribution is -2.59. The first-order valence-corrected chi connectivity index (χ1v) is 23.6. The summed E-state index contributed by atoms with van der Waals surface area (Å²) < 4.78 is 22.7. The molecule has 9 heteroatoms. The predicted molar refractivity (Wildman–Crippen MR) is 256 cm³/mol. The molecular weight excluding hydrogens is 781 g/mol. The van der Waals surface area contributed by atoms with Gasteiger partial charge in [0.25, 0.3) is 0 Å². The minimum Gasteiger partial charge on any atom is -0.457 e. The van der Waals surface area contributed by atoms with Gasteiger partial charge in [0.1, 0.15) is 30.5 Å². The Morgan fingerprint density at radius 1 is 0.516 bits per heavy atom. The third-order valence-electron chi connectivity index (χ3n) is 9.89. The fraction of sp³-hybridized carbons (Fsp3) is 0.604. The number of esters is 1. The van der Waals surface area contributed by atoms with Gasteiger partial charge < -0.3 is 39.4 Å². The predicted octanol–water partition coefficient (Wildman–Crippen LogP) is 11.1. The number of carbonyl (C=O) groups excluding carboxylic acids is 1. The van der Waals surface area contributed by atoms with E-state index in [1.165, 1.54) is 25.7 Å². The summed E-state index contributed by atoms with van der Waals surface area (Å²) in [7, 11) is 0. The largest absolute Gasteiger partial charge is 0.457 e. The maximum absolute atomic E-state index is 12.7. The van der Waals surface area contributed by atoms with Crippen LogP contribution in [0.5, 0.6) is 0 Å². The van der Waals surface area contributed by atoms with Crippen LogP contribution in [0, 0.1) is 0 Å². The van der Waals surface area contributed by atoms with Gasteiger partial charge in [0.2, 0.25) is 0 Å². The van der Waals surface area contributed by atoms with Gasteiger partial charge in [-0.15, -0.1) is 0 Å². The lowest BCUT2D eigenvalue weighted by Gasteiger charge is -2.39. The van der Waals surface area contributed by atoms with Crippen molar-refractivity contribution >= 4 is 5.97 Å². The maximum Gasteiger partial charge on any atom is 0.306 e. The van der Waals surface area contributed by atoms with E-state index < -0.39 is 49.4 Å². The highest BCUT2D eigenvalue weighted by molar-refractivity contribution is 5.69. The van der Waals surface area contributed by atoms with Crippen LogP contribution >= 0.6 is 0 Å². The number of hydrogen-bond donors (Lipinski definition) is 4. The molecule has 0 saturated carbocycles. The smallest absolute Gasteiger partial charge is 0.306 e. The molecule has 1 saturated heterocycles. The Morgan fingerprint density at radius 2 is 0.935 bits per heavy atom. The second-order valence-electron chi connectivity index (χ2n) is 15.4. The van der Waals surface area contributed by atoms with Crippen molar-refractivity contribution in [2.75, 3.05) is 26.4 Å². The van der Waals surface area contributed by atoms with Crippen molar-refractivity contribution in [2.24, 2.45) is 0 Å². The second kappa shape index (κ2) is 42.9. The van der Waals surface area contributed by atoms with E-state index in [9.17, 15) is 25.2 Å². The summed E-state index contributed by atoms with van der Waals surface area (Å²) in [6.45, 7) is 4.17. The summed E-state index contributed by atoms with van der Waals surface area (Å²) in [6.07, 6.45) is 55.3. The molecule has 0 spiro atoms. The van der Waals surface area contributed by atoms with Gasteiger partial charge >= 0.3 is 5.97 Å². The Kier molecular flexibility index (Phi) is 39.1. The van der Waals surface area contributed by atoms with Gasteiger partial charge in [-0.05, 0) is 89.9 Å². The Morgan fingerprint density at radius 3 is 1.40 bits per heavy atom. The molecule has 0 bridgehead atoms. The number of rotatable bonds is 38. The van der Waals surface area contributed by atoms with Crippen LogP contribution in [0.2, 0.25) is 0 Å². The van der Waals surface area contributed by atoms with Crippen molar-refractivity contribution in [3.8, 4) is 0 Å². The summed E-state index contributed by atoms with van der Waals surface area (Å²) in [5.41, 5.74) is 0. The minimum atomic E-state index is -1.56. The van der Waals surface area contributed by atoms with E-state index in [1.54, 1.807) is 0 Å². The van der Waals surface area contributed by atoms with E-state index in [1.807, 2.05) is 12.2 Å². The molecule has 0 radical (unpaired) electrons. The molecule has 1 fully saturated rings. The van der Waals surface area contributed by atoms with E-state index >= 15 is 0 Å². The zero-order valence-electron chi connectivity index (χ0n) is 38.3. The van der Waals surface area contributed by atoms with E-state index in [2.05, 4.69) is 123 Å². The lowest BCUT2D eigenvalue weighted by atomic mass is 9.99. The van der Waals surface area contributed by atoms with Gasteiger partial charge in [0.05, 0.1) is 19.8 Å². The minimum absolute atomic E-state index is 0.0989. The Labute approximate surface area is 376 Å². The molecular formula is C53H84O9. The molecule has 6 atom stereocenters. The average Bonchev–Trinajstić information content (AvgIpc) is 3.27. The number of aliphatic hydroxyl groups excluding tert-OH is 4. The van der Waals surface area contributed by atoms with Crippen LogP contribution in [0.1, 0.15) is 142 Å².